The lowest BCUT2D eigenvalue weighted by Gasteiger charge is -2.17. The van der Waals surface area contributed by atoms with Gasteiger partial charge in [-0.05, 0) is 36.8 Å². The van der Waals surface area contributed by atoms with E-state index in [4.69, 9.17) is 0 Å². The van der Waals surface area contributed by atoms with Gasteiger partial charge < -0.3 is 10.6 Å². The van der Waals surface area contributed by atoms with Crippen molar-refractivity contribution in [2.45, 2.75) is 43.7 Å². The number of thioether (sulfide) groups is 1. The van der Waals surface area contributed by atoms with E-state index in [1.165, 1.54) is 4.90 Å². The van der Waals surface area contributed by atoms with Gasteiger partial charge >= 0.3 is 0 Å². The van der Waals surface area contributed by atoms with E-state index in [0.29, 0.717) is 12.8 Å². The molecule has 1 saturated heterocycles. The van der Waals surface area contributed by atoms with Gasteiger partial charge in [-0.25, -0.2) is 0 Å². The van der Waals surface area contributed by atoms with Crippen LogP contribution in [0, 0.1) is 0 Å². The molecule has 0 aliphatic carbocycles. The van der Waals surface area contributed by atoms with Gasteiger partial charge in [0.2, 0.25) is 11.8 Å². The molecular formula is C15H20N2O2S. The highest BCUT2D eigenvalue weighted by atomic mass is 32.2. The van der Waals surface area contributed by atoms with Crippen LogP contribution in [0.15, 0.2) is 29.2 Å². The Balaban J connectivity index is 1.92. The molecule has 0 saturated carbocycles. The van der Waals surface area contributed by atoms with Crippen molar-refractivity contribution in [3.05, 3.63) is 29.8 Å². The molecule has 5 heteroatoms. The summed E-state index contributed by atoms with van der Waals surface area (Å²) in [5.41, 5.74) is 1.07. The topological polar surface area (TPSA) is 58.2 Å². The fourth-order valence-corrected chi connectivity index (χ4v) is 2.89. The van der Waals surface area contributed by atoms with Crippen molar-refractivity contribution in [1.29, 1.82) is 0 Å². The smallest absolute Gasteiger partial charge is 0.243 e. The summed E-state index contributed by atoms with van der Waals surface area (Å²) in [5, 5.41) is 5.63. The van der Waals surface area contributed by atoms with Crippen LogP contribution in [0.4, 0.5) is 0 Å². The van der Waals surface area contributed by atoms with Crippen molar-refractivity contribution in [1.82, 2.24) is 10.6 Å². The van der Waals surface area contributed by atoms with Crippen LogP contribution in [0.2, 0.25) is 0 Å². The maximum atomic E-state index is 12.0. The average molecular weight is 292 g/mol. The third kappa shape index (κ3) is 3.76. The highest BCUT2D eigenvalue weighted by Gasteiger charge is 2.27. The summed E-state index contributed by atoms with van der Waals surface area (Å²) < 4.78 is 0. The Morgan fingerprint density at radius 3 is 2.70 bits per heavy atom. The van der Waals surface area contributed by atoms with E-state index in [1.807, 2.05) is 19.1 Å². The van der Waals surface area contributed by atoms with Crippen LogP contribution >= 0.6 is 11.8 Å². The quantitative estimate of drug-likeness (QED) is 0.818. The number of hydrogen-bond donors (Lipinski definition) is 2. The van der Waals surface area contributed by atoms with E-state index in [2.05, 4.69) is 29.7 Å². The molecule has 0 unspecified atom stereocenters. The zero-order chi connectivity index (χ0) is 14.5. The van der Waals surface area contributed by atoms with Gasteiger partial charge in [-0.15, -0.1) is 11.8 Å². The van der Waals surface area contributed by atoms with Crippen LogP contribution in [0.25, 0.3) is 0 Å². The zero-order valence-electron chi connectivity index (χ0n) is 11.8. The number of hydrogen-bond acceptors (Lipinski definition) is 3. The molecule has 2 amide bonds. The lowest BCUT2D eigenvalue weighted by atomic mass is 10.1. The summed E-state index contributed by atoms with van der Waals surface area (Å²) in [7, 11) is 0. The van der Waals surface area contributed by atoms with Gasteiger partial charge in [0.15, 0.2) is 0 Å². The van der Waals surface area contributed by atoms with E-state index >= 15 is 0 Å². The molecule has 0 spiro atoms. The SMILES string of the molecule is CCSc1ccc([C@H](C)NC(=O)[C@@H]2CCC(=O)N2)cc1. The monoisotopic (exact) mass is 292 g/mol. The summed E-state index contributed by atoms with van der Waals surface area (Å²) in [4.78, 5) is 24.4. The summed E-state index contributed by atoms with van der Waals surface area (Å²) in [5.74, 6) is 0.904. The predicted molar refractivity (Wildman–Crippen MR) is 80.6 cm³/mol. The van der Waals surface area contributed by atoms with Gasteiger partial charge in [0.1, 0.15) is 6.04 Å². The Bertz CT molecular complexity index is 487. The Hall–Kier alpha value is -1.49. The van der Waals surface area contributed by atoms with Crippen LogP contribution < -0.4 is 10.6 Å². The molecule has 2 N–H and O–H groups in total. The van der Waals surface area contributed by atoms with Gasteiger partial charge in [0.25, 0.3) is 0 Å². The van der Waals surface area contributed by atoms with E-state index in [0.717, 1.165) is 11.3 Å². The summed E-state index contributed by atoms with van der Waals surface area (Å²) >= 11 is 1.80. The first kappa shape index (κ1) is 14.9. The number of nitrogens with one attached hydrogen (secondary N) is 2. The second-order valence-electron chi connectivity index (χ2n) is 4.89. The Morgan fingerprint density at radius 1 is 1.45 bits per heavy atom. The second-order valence-corrected chi connectivity index (χ2v) is 6.23. The van der Waals surface area contributed by atoms with Gasteiger partial charge in [-0.3, -0.25) is 9.59 Å². The number of benzene rings is 1. The third-order valence-electron chi connectivity index (χ3n) is 3.36. The number of carbonyl (C=O) groups excluding carboxylic acids is 2. The van der Waals surface area contributed by atoms with Crippen LogP contribution in [-0.4, -0.2) is 23.6 Å². The molecule has 2 atom stereocenters. The fourth-order valence-electron chi connectivity index (χ4n) is 2.23. The van der Waals surface area contributed by atoms with E-state index < -0.39 is 0 Å². The minimum Gasteiger partial charge on any atom is -0.348 e. The largest absolute Gasteiger partial charge is 0.348 e. The number of amides is 2. The van der Waals surface area contributed by atoms with Gasteiger partial charge in [-0.1, -0.05) is 19.1 Å². The van der Waals surface area contributed by atoms with Gasteiger partial charge in [0.05, 0.1) is 6.04 Å². The highest BCUT2D eigenvalue weighted by molar-refractivity contribution is 7.99. The Kier molecular flexibility index (Phi) is 5.06. The minimum absolute atomic E-state index is 0.0428. The lowest BCUT2D eigenvalue weighted by Crippen LogP contribution is -2.42. The maximum absolute atomic E-state index is 12.0. The first-order chi connectivity index (χ1) is 9.60. The molecule has 1 aliphatic rings. The average Bonchev–Trinajstić information content (AvgIpc) is 2.86. The van der Waals surface area contributed by atoms with Crippen molar-refractivity contribution in [2.24, 2.45) is 0 Å². The molecule has 1 fully saturated rings. The normalized spacial score (nSPS) is 19.5. The molecule has 1 heterocycles. The van der Waals surface area contributed by atoms with Crippen LogP contribution in [0.1, 0.15) is 38.3 Å². The third-order valence-corrected chi connectivity index (χ3v) is 4.26. The molecule has 1 aliphatic heterocycles. The minimum atomic E-state index is -0.375. The summed E-state index contributed by atoms with van der Waals surface area (Å²) in [6.45, 7) is 4.08. The maximum Gasteiger partial charge on any atom is 0.243 e. The van der Waals surface area contributed by atoms with Crippen molar-refractivity contribution < 1.29 is 9.59 Å². The van der Waals surface area contributed by atoms with Gasteiger partial charge in [0, 0.05) is 11.3 Å². The number of carbonyl (C=O) groups is 2. The van der Waals surface area contributed by atoms with E-state index in [-0.39, 0.29) is 23.9 Å². The van der Waals surface area contributed by atoms with E-state index in [9.17, 15) is 9.59 Å². The van der Waals surface area contributed by atoms with E-state index in [1.54, 1.807) is 11.8 Å². The fraction of sp³-hybridized carbons (Fsp3) is 0.467. The predicted octanol–water partition coefficient (Wildman–Crippen LogP) is 2.25. The van der Waals surface area contributed by atoms with Crippen molar-refractivity contribution >= 4 is 23.6 Å². The molecule has 0 aromatic heterocycles. The summed E-state index contributed by atoms with van der Waals surface area (Å²) in [6.07, 6.45) is 1.03. The highest BCUT2D eigenvalue weighted by Crippen LogP contribution is 2.21. The first-order valence-corrected chi connectivity index (χ1v) is 7.91. The van der Waals surface area contributed by atoms with Crippen LogP contribution in [-0.2, 0) is 9.59 Å². The van der Waals surface area contributed by atoms with Crippen molar-refractivity contribution in [2.75, 3.05) is 5.75 Å². The Morgan fingerprint density at radius 2 is 2.15 bits per heavy atom. The molecular weight excluding hydrogens is 272 g/mol. The molecule has 1 aromatic rings. The van der Waals surface area contributed by atoms with Crippen LogP contribution in [0.5, 0.6) is 0 Å². The molecule has 0 radical (unpaired) electrons. The molecule has 0 bridgehead atoms. The van der Waals surface area contributed by atoms with Crippen molar-refractivity contribution in [3.8, 4) is 0 Å². The molecule has 4 nitrogen and oxygen atoms in total. The Labute approximate surface area is 123 Å². The first-order valence-electron chi connectivity index (χ1n) is 6.92. The number of rotatable bonds is 5. The van der Waals surface area contributed by atoms with Crippen LogP contribution in [0.3, 0.4) is 0 Å². The molecule has 20 heavy (non-hydrogen) atoms. The molecule has 108 valence electrons. The lowest BCUT2D eigenvalue weighted by molar-refractivity contribution is -0.126. The standard InChI is InChI=1S/C15H20N2O2S/c1-3-20-12-6-4-11(5-7-12)10(2)16-15(19)13-8-9-14(18)17-13/h4-7,10,13H,3,8-9H2,1-2H3,(H,16,19)(H,17,18)/t10-,13-/m0/s1. The molecule has 1 aromatic carbocycles. The zero-order valence-corrected chi connectivity index (χ0v) is 12.6. The molecule has 2 rings (SSSR count). The second kappa shape index (κ2) is 6.79. The summed E-state index contributed by atoms with van der Waals surface area (Å²) in [6, 6.07) is 7.79. The van der Waals surface area contributed by atoms with Crippen molar-refractivity contribution in [3.63, 3.8) is 0 Å². The van der Waals surface area contributed by atoms with Gasteiger partial charge in [-0.2, -0.15) is 0 Å².